The molecule has 0 saturated carbocycles. The van der Waals surface area contributed by atoms with Gasteiger partial charge in [0.15, 0.2) is 0 Å². The molecular weight excluding hydrogens is 246 g/mol. The summed E-state index contributed by atoms with van der Waals surface area (Å²) in [6.07, 6.45) is 3.73. The Balaban J connectivity index is 2.21. The third-order valence-electron chi connectivity index (χ3n) is 2.35. The van der Waals surface area contributed by atoms with Crippen molar-refractivity contribution in [3.8, 4) is 0 Å². The molecule has 0 amide bonds. The number of hydrogen-bond acceptors (Lipinski definition) is 3. The Hall–Kier alpha value is -1.26. The summed E-state index contributed by atoms with van der Waals surface area (Å²) in [5.74, 6) is 0.192. The lowest BCUT2D eigenvalue weighted by Crippen LogP contribution is -2.17. The molecular formula is C14H19NO2S. The first-order chi connectivity index (χ1) is 8.72. The summed E-state index contributed by atoms with van der Waals surface area (Å²) < 4.78 is 0. The lowest BCUT2D eigenvalue weighted by molar-refractivity contribution is -0.131. The van der Waals surface area contributed by atoms with E-state index in [0.717, 1.165) is 24.8 Å². The van der Waals surface area contributed by atoms with Crippen LogP contribution in [0.5, 0.6) is 0 Å². The molecule has 0 aromatic heterocycles. The van der Waals surface area contributed by atoms with E-state index in [9.17, 15) is 4.79 Å². The minimum Gasteiger partial charge on any atom is -0.478 e. The van der Waals surface area contributed by atoms with Crippen molar-refractivity contribution in [2.75, 3.05) is 18.8 Å². The van der Waals surface area contributed by atoms with Gasteiger partial charge in [-0.25, -0.2) is 4.79 Å². The number of carboxylic acid groups (broad SMARTS) is 1. The number of rotatable bonds is 8. The second-order valence-electron chi connectivity index (χ2n) is 3.77. The van der Waals surface area contributed by atoms with E-state index in [2.05, 4.69) is 36.5 Å². The largest absolute Gasteiger partial charge is 0.478 e. The van der Waals surface area contributed by atoms with Crippen molar-refractivity contribution in [3.63, 3.8) is 0 Å². The zero-order valence-electron chi connectivity index (χ0n) is 10.6. The molecule has 0 radical (unpaired) electrons. The van der Waals surface area contributed by atoms with Gasteiger partial charge in [0.2, 0.25) is 0 Å². The molecule has 2 N–H and O–H groups in total. The highest BCUT2D eigenvalue weighted by Crippen LogP contribution is 2.17. The van der Waals surface area contributed by atoms with E-state index in [1.165, 1.54) is 10.5 Å². The fourth-order valence-electron chi connectivity index (χ4n) is 1.50. The fraction of sp³-hybridized carbons (Fsp3) is 0.357. The first-order valence-corrected chi connectivity index (χ1v) is 7.03. The van der Waals surface area contributed by atoms with Crippen LogP contribution >= 0.6 is 11.8 Å². The van der Waals surface area contributed by atoms with Crippen molar-refractivity contribution in [1.29, 1.82) is 0 Å². The van der Waals surface area contributed by atoms with E-state index in [0.29, 0.717) is 6.54 Å². The van der Waals surface area contributed by atoms with Crippen LogP contribution in [0.3, 0.4) is 0 Å². The van der Waals surface area contributed by atoms with Gasteiger partial charge in [-0.05, 0) is 36.4 Å². The molecule has 1 rings (SSSR count). The average Bonchev–Trinajstić information content (AvgIpc) is 2.35. The normalized spacial score (nSPS) is 10.9. The van der Waals surface area contributed by atoms with Crippen LogP contribution in [-0.2, 0) is 11.2 Å². The molecule has 0 aliphatic rings. The first-order valence-electron chi connectivity index (χ1n) is 6.04. The molecule has 0 aliphatic heterocycles. The van der Waals surface area contributed by atoms with Crippen LogP contribution in [0.15, 0.2) is 41.3 Å². The fourth-order valence-corrected chi connectivity index (χ4v) is 2.16. The molecule has 1 aromatic carbocycles. The zero-order valence-corrected chi connectivity index (χ0v) is 11.4. The topological polar surface area (TPSA) is 49.3 Å². The standard InChI is InChI=1S/C14H19NO2S/c1-2-18-13-7-5-12(6-8-13)9-11-15-10-3-4-14(16)17/h3-8,15H,2,9-11H2,1H3,(H,16,17)/b4-3+. The van der Waals surface area contributed by atoms with E-state index in [1.54, 1.807) is 6.08 Å². The van der Waals surface area contributed by atoms with Gasteiger partial charge in [-0.2, -0.15) is 0 Å². The summed E-state index contributed by atoms with van der Waals surface area (Å²) in [6.45, 7) is 3.59. The number of carbonyl (C=O) groups is 1. The molecule has 4 heteroatoms. The molecule has 0 atom stereocenters. The number of benzene rings is 1. The Bertz CT molecular complexity index is 387. The van der Waals surface area contributed by atoms with Crippen molar-refractivity contribution in [2.45, 2.75) is 18.2 Å². The van der Waals surface area contributed by atoms with Gasteiger partial charge in [-0.15, -0.1) is 11.8 Å². The van der Waals surface area contributed by atoms with E-state index >= 15 is 0 Å². The number of carboxylic acids is 1. The van der Waals surface area contributed by atoms with Crippen LogP contribution < -0.4 is 5.32 Å². The Morgan fingerprint density at radius 1 is 1.39 bits per heavy atom. The second-order valence-corrected chi connectivity index (χ2v) is 5.11. The van der Waals surface area contributed by atoms with E-state index in [-0.39, 0.29) is 0 Å². The van der Waals surface area contributed by atoms with E-state index < -0.39 is 5.97 Å². The summed E-state index contributed by atoms with van der Waals surface area (Å²) >= 11 is 1.84. The van der Waals surface area contributed by atoms with Crippen LogP contribution in [0.4, 0.5) is 0 Å². The number of thioether (sulfide) groups is 1. The third-order valence-corrected chi connectivity index (χ3v) is 3.24. The summed E-state index contributed by atoms with van der Waals surface area (Å²) in [5.41, 5.74) is 1.30. The van der Waals surface area contributed by atoms with Gasteiger partial charge in [0.25, 0.3) is 0 Å². The van der Waals surface area contributed by atoms with Crippen molar-refractivity contribution in [3.05, 3.63) is 42.0 Å². The summed E-state index contributed by atoms with van der Waals surface area (Å²) in [4.78, 5) is 11.5. The van der Waals surface area contributed by atoms with Crippen molar-refractivity contribution in [2.24, 2.45) is 0 Å². The summed E-state index contributed by atoms with van der Waals surface area (Å²) in [5, 5.41) is 11.6. The first kappa shape index (κ1) is 14.8. The molecule has 1 aromatic rings. The van der Waals surface area contributed by atoms with Crippen molar-refractivity contribution in [1.82, 2.24) is 5.32 Å². The Labute approximate surface area is 112 Å². The van der Waals surface area contributed by atoms with Crippen molar-refractivity contribution < 1.29 is 9.90 Å². The van der Waals surface area contributed by atoms with Crippen molar-refractivity contribution >= 4 is 17.7 Å². The van der Waals surface area contributed by atoms with E-state index in [4.69, 9.17) is 5.11 Å². The van der Waals surface area contributed by atoms with Gasteiger partial charge in [-0.1, -0.05) is 25.1 Å². The lowest BCUT2D eigenvalue weighted by atomic mass is 10.1. The van der Waals surface area contributed by atoms with Gasteiger partial charge in [-0.3, -0.25) is 0 Å². The zero-order chi connectivity index (χ0) is 13.2. The molecule has 0 bridgehead atoms. The molecule has 0 unspecified atom stereocenters. The minimum atomic E-state index is -0.902. The highest BCUT2D eigenvalue weighted by molar-refractivity contribution is 7.99. The van der Waals surface area contributed by atoms with Crippen LogP contribution in [0, 0.1) is 0 Å². The molecule has 3 nitrogen and oxygen atoms in total. The minimum absolute atomic E-state index is 0.593. The predicted molar refractivity (Wildman–Crippen MR) is 76.2 cm³/mol. The van der Waals surface area contributed by atoms with Crippen LogP contribution in [0.1, 0.15) is 12.5 Å². The SMILES string of the molecule is CCSc1ccc(CCNC/C=C/C(=O)O)cc1. The molecule has 0 spiro atoms. The molecule has 0 fully saturated rings. The van der Waals surface area contributed by atoms with Crippen LogP contribution in [0.2, 0.25) is 0 Å². The Morgan fingerprint density at radius 3 is 2.72 bits per heavy atom. The van der Waals surface area contributed by atoms with Gasteiger partial charge in [0.05, 0.1) is 0 Å². The Kier molecular flexibility index (Phi) is 7.22. The van der Waals surface area contributed by atoms with Gasteiger partial charge in [0, 0.05) is 17.5 Å². The predicted octanol–water partition coefficient (Wildman–Crippen LogP) is 2.57. The molecule has 0 aliphatic carbocycles. The highest BCUT2D eigenvalue weighted by Gasteiger charge is 1.94. The molecule has 98 valence electrons. The second kappa shape index (κ2) is 8.78. The number of aliphatic carboxylic acids is 1. The summed E-state index contributed by atoms with van der Waals surface area (Å²) in [7, 11) is 0. The van der Waals surface area contributed by atoms with Gasteiger partial charge >= 0.3 is 5.97 Å². The average molecular weight is 265 g/mol. The highest BCUT2D eigenvalue weighted by atomic mass is 32.2. The van der Waals surface area contributed by atoms with Crippen LogP contribution in [0.25, 0.3) is 0 Å². The molecule has 18 heavy (non-hydrogen) atoms. The quantitative estimate of drug-likeness (QED) is 0.431. The smallest absolute Gasteiger partial charge is 0.328 e. The maximum absolute atomic E-state index is 10.2. The van der Waals surface area contributed by atoms with Crippen LogP contribution in [-0.4, -0.2) is 29.9 Å². The molecule has 0 heterocycles. The van der Waals surface area contributed by atoms with E-state index in [1.807, 2.05) is 11.8 Å². The third kappa shape index (κ3) is 6.47. The monoisotopic (exact) mass is 265 g/mol. The van der Waals surface area contributed by atoms with Gasteiger partial charge in [0.1, 0.15) is 0 Å². The lowest BCUT2D eigenvalue weighted by Gasteiger charge is -2.04. The molecule has 0 saturated heterocycles. The Morgan fingerprint density at radius 2 is 2.11 bits per heavy atom. The number of nitrogens with one attached hydrogen (secondary N) is 1. The van der Waals surface area contributed by atoms with Gasteiger partial charge < -0.3 is 10.4 Å². The maximum Gasteiger partial charge on any atom is 0.328 e. The number of hydrogen-bond donors (Lipinski definition) is 2. The summed E-state index contributed by atoms with van der Waals surface area (Å²) in [6, 6.07) is 8.58. The maximum atomic E-state index is 10.2.